The molecule has 1 saturated heterocycles. The number of rotatable bonds is 3. The van der Waals surface area contributed by atoms with Gasteiger partial charge in [-0.3, -0.25) is 19.3 Å². The Hall–Kier alpha value is -1.19. The zero-order valence-corrected chi connectivity index (χ0v) is 11.0. The summed E-state index contributed by atoms with van der Waals surface area (Å²) in [4.78, 5) is 33.7. The molecule has 94 valence electrons. The van der Waals surface area contributed by atoms with Gasteiger partial charge in [-0.2, -0.15) is 0 Å². The number of Topliss-reactive ketones (excluding diaryl/α,β-unsaturated/α-hetero) is 1. The normalized spacial score (nSPS) is 13.7. The lowest BCUT2D eigenvalue weighted by atomic mass is 10.3. The highest BCUT2D eigenvalue weighted by molar-refractivity contribution is 6.02. The quantitative estimate of drug-likeness (QED) is 0.697. The Bertz CT molecular complexity index is 220. The van der Waals surface area contributed by atoms with Crippen molar-refractivity contribution in [3.8, 4) is 0 Å². The summed E-state index contributed by atoms with van der Waals surface area (Å²) >= 11 is 0. The number of carbonyl (C=O) groups excluding carboxylic acids is 3. The first kappa shape index (κ1) is 17.2. The summed E-state index contributed by atoms with van der Waals surface area (Å²) in [7, 11) is 0. The molecule has 0 unspecified atom stereocenters. The van der Waals surface area contributed by atoms with Gasteiger partial charge in [0.1, 0.15) is 5.78 Å². The molecule has 1 fully saturated rings. The molecule has 0 aromatic heterocycles. The second-order valence-electron chi connectivity index (χ2n) is 2.89. The highest BCUT2D eigenvalue weighted by Crippen LogP contribution is 2.11. The zero-order chi connectivity index (χ0) is 13.1. The van der Waals surface area contributed by atoms with E-state index in [1.54, 1.807) is 0 Å². The Morgan fingerprint density at radius 2 is 1.44 bits per heavy atom. The summed E-state index contributed by atoms with van der Waals surface area (Å²) < 4.78 is 0. The zero-order valence-electron chi connectivity index (χ0n) is 11.0. The molecular weight excluding hydrogens is 206 g/mol. The number of hydrogen-bond acceptors (Lipinski definition) is 3. The fourth-order valence-electron chi connectivity index (χ4n) is 1.14. The largest absolute Gasteiger partial charge is 0.300 e. The molecule has 1 heterocycles. The van der Waals surface area contributed by atoms with E-state index in [4.69, 9.17) is 0 Å². The second kappa shape index (κ2) is 10.3. The summed E-state index contributed by atoms with van der Waals surface area (Å²) in [6.45, 7) is 9.71. The van der Waals surface area contributed by atoms with E-state index in [1.165, 1.54) is 11.8 Å². The molecule has 4 nitrogen and oxygen atoms in total. The molecule has 1 aliphatic rings. The third-order valence-electron chi connectivity index (χ3n) is 1.84. The molecule has 1 rings (SSSR count). The maximum Gasteiger partial charge on any atom is 0.229 e. The van der Waals surface area contributed by atoms with Crippen LogP contribution in [0, 0.1) is 0 Å². The van der Waals surface area contributed by atoms with Crippen molar-refractivity contribution in [1.29, 1.82) is 0 Å². The molecule has 0 aromatic rings. The van der Waals surface area contributed by atoms with E-state index < -0.39 is 0 Å². The smallest absolute Gasteiger partial charge is 0.229 e. The Morgan fingerprint density at radius 1 is 1.06 bits per heavy atom. The molecule has 0 aliphatic carbocycles. The number of ketones is 1. The van der Waals surface area contributed by atoms with Gasteiger partial charge in [-0.15, -0.1) is 0 Å². The van der Waals surface area contributed by atoms with Gasteiger partial charge < -0.3 is 0 Å². The lowest BCUT2D eigenvalue weighted by molar-refractivity contribution is -0.138. The Balaban J connectivity index is 0. The molecule has 2 amide bonds. The second-order valence-corrected chi connectivity index (χ2v) is 2.89. The van der Waals surface area contributed by atoms with E-state index in [2.05, 4.69) is 0 Å². The molecule has 0 atom stereocenters. The molecular formula is C12H23NO3. The summed E-state index contributed by atoms with van der Waals surface area (Å²) in [5.74, 6) is -0.301. The summed E-state index contributed by atoms with van der Waals surface area (Å²) in [5, 5.41) is 0. The van der Waals surface area contributed by atoms with Crippen LogP contribution >= 0.6 is 0 Å². The third kappa shape index (κ3) is 6.32. The monoisotopic (exact) mass is 229 g/mol. The summed E-state index contributed by atoms with van der Waals surface area (Å²) in [5.41, 5.74) is 0. The predicted molar refractivity (Wildman–Crippen MR) is 63.9 cm³/mol. The Labute approximate surface area is 98.0 Å². The molecule has 16 heavy (non-hydrogen) atoms. The van der Waals surface area contributed by atoms with Crippen LogP contribution in [0.3, 0.4) is 0 Å². The molecule has 1 aliphatic heterocycles. The highest BCUT2D eigenvalue weighted by Gasteiger charge is 2.28. The van der Waals surface area contributed by atoms with Crippen molar-refractivity contribution in [1.82, 2.24) is 4.90 Å². The van der Waals surface area contributed by atoms with E-state index >= 15 is 0 Å². The first-order valence-electron chi connectivity index (χ1n) is 5.94. The first-order chi connectivity index (χ1) is 7.61. The van der Waals surface area contributed by atoms with Crippen molar-refractivity contribution < 1.29 is 14.4 Å². The Morgan fingerprint density at radius 3 is 1.75 bits per heavy atom. The Kier molecular flexibility index (Phi) is 11.1. The van der Waals surface area contributed by atoms with E-state index in [-0.39, 0.29) is 30.6 Å². The molecule has 0 spiro atoms. The van der Waals surface area contributed by atoms with Gasteiger partial charge in [-0.25, -0.2) is 0 Å². The van der Waals surface area contributed by atoms with Crippen LogP contribution in [0.1, 0.15) is 53.9 Å². The summed E-state index contributed by atoms with van der Waals surface area (Å²) in [6, 6.07) is 0. The SMILES string of the molecule is CC.CC.CC(=O)CCN1C(=O)CCC1=O. The number of carbonyl (C=O) groups is 3. The molecule has 0 aromatic carbocycles. The maximum atomic E-state index is 11.0. The number of nitrogens with zero attached hydrogens (tertiary/aromatic N) is 1. The van der Waals surface area contributed by atoms with Crippen LogP contribution in [-0.4, -0.2) is 29.0 Å². The van der Waals surface area contributed by atoms with Gasteiger partial charge in [0.25, 0.3) is 0 Å². The minimum absolute atomic E-state index is 0.00231. The average Bonchev–Trinajstić information content (AvgIpc) is 2.61. The van der Waals surface area contributed by atoms with Crippen LogP contribution in [0.2, 0.25) is 0 Å². The van der Waals surface area contributed by atoms with Crippen LogP contribution in [0.25, 0.3) is 0 Å². The van der Waals surface area contributed by atoms with Crippen LogP contribution in [-0.2, 0) is 14.4 Å². The van der Waals surface area contributed by atoms with E-state index in [1.807, 2.05) is 27.7 Å². The van der Waals surface area contributed by atoms with Crippen molar-refractivity contribution in [3.63, 3.8) is 0 Å². The van der Waals surface area contributed by atoms with Crippen molar-refractivity contribution in [3.05, 3.63) is 0 Å². The van der Waals surface area contributed by atoms with E-state index in [0.29, 0.717) is 12.8 Å². The first-order valence-corrected chi connectivity index (χ1v) is 5.94. The van der Waals surface area contributed by atoms with Crippen LogP contribution in [0.5, 0.6) is 0 Å². The maximum absolute atomic E-state index is 11.0. The predicted octanol–water partition coefficient (Wildman–Crippen LogP) is 2.17. The molecule has 0 saturated carbocycles. The van der Waals surface area contributed by atoms with E-state index in [9.17, 15) is 14.4 Å². The number of imide groups is 1. The number of likely N-dealkylation sites (tertiary alicyclic amines) is 1. The molecule has 0 radical (unpaired) electrons. The average molecular weight is 229 g/mol. The fourth-order valence-corrected chi connectivity index (χ4v) is 1.14. The third-order valence-corrected chi connectivity index (χ3v) is 1.84. The van der Waals surface area contributed by atoms with Crippen molar-refractivity contribution >= 4 is 17.6 Å². The van der Waals surface area contributed by atoms with Crippen LogP contribution in [0.15, 0.2) is 0 Å². The van der Waals surface area contributed by atoms with Gasteiger partial charge in [0.15, 0.2) is 0 Å². The van der Waals surface area contributed by atoms with Gasteiger partial charge >= 0.3 is 0 Å². The number of hydrogen-bond donors (Lipinski definition) is 0. The standard InChI is InChI=1S/C8H11NO3.2C2H6/c1-6(10)4-5-9-7(11)2-3-8(9)12;2*1-2/h2-5H2,1H3;2*1-2H3. The van der Waals surface area contributed by atoms with Crippen LogP contribution in [0.4, 0.5) is 0 Å². The molecule has 4 heteroatoms. The molecule has 0 bridgehead atoms. The minimum Gasteiger partial charge on any atom is -0.300 e. The van der Waals surface area contributed by atoms with Crippen molar-refractivity contribution in [2.75, 3.05) is 6.54 Å². The van der Waals surface area contributed by atoms with Gasteiger partial charge in [-0.05, 0) is 6.92 Å². The lowest BCUT2D eigenvalue weighted by Gasteiger charge is -2.11. The van der Waals surface area contributed by atoms with Gasteiger partial charge in [-0.1, -0.05) is 27.7 Å². The summed E-state index contributed by atoms with van der Waals surface area (Å²) in [6.07, 6.45) is 0.880. The van der Waals surface area contributed by atoms with Gasteiger partial charge in [0.05, 0.1) is 0 Å². The van der Waals surface area contributed by atoms with Gasteiger partial charge in [0.2, 0.25) is 11.8 Å². The van der Waals surface area contributed by atoms with Crippen LogP contribution < -0.4 is 0 Å². The minimum atomic E-state index is -0.152. The lowest BCUT2D eigenvalue weighted by Crippen LogP contribution is -2.30. The van der Waals surface area contributed by atoms with Crippen molar-refractivity contribution in [2.24, 2.45) is 0 Å². The van der Waals surface area contributed by atoms with E-state index in [0.717, 1.165) is 0 Å². The van der Waals surface area contributed by atoms with Gasteiger partial charge in [0, 0.05) is 25.8 Å². The van der Waals surface area contributed by atoms with Crippen molar-refractivity contribution in [2.45, 2.75) is 53.9 Å². The highest BCUT2D eigenvalue weighted by atomic mass is 16.2. The molecule has 0 N–H and O–H groups in total. The fraction of sp³-hybridized carbons (Fsp3) is 0.750. The topological polar surface area (TPSA) is 54.5 Å². The number of amides is 2.